The van der Waals surface area contributed by atoms with Gasteiger partial charge < -0.3 is 33.6 Å². The molecule has 0 bridgehead atoms. The number of allylic oxidation sites excluding steroid dienone is 3. The van der Waals surface area contributed by atoms with Crippen molar-refractivity contribution in [1.29, 1.82) is 0 Å². The van der Waals surface area contributed by atoms with Crippen LogP contribution in [0.5, 0.6) is 0 Å². The topological polar surface area (TPSA) is 135 Å². The quantitative estimate of drug-likeness (QED) is 0.0853. The molecule has 272 valence electrons. The Morgan fingerprint density at radius 2 is 1.85 bits per heavy atom. The van der Waals surface area contributed by atoms with Crippen molar-refractivity contribution in [3.05, 3.63) is 36.0 Å². The van der Waals surface area contributed by atoms with Gasteiger partial charge in [0.1, 0.15) is 6.10 Å². The van der Waals surface area contributed by atoms with Gasteiger partial charge in [-0.2, -0.15) is 0 Å². The summed E-state index contributed by atoms with van der Waals surface area (Å²) in [6.45, 7) is 15.6. The summed E-state index contributed by atoms with van der Waals surface area (Å²) < 4.78 is 24.4. The Labute approximate surface area is 287 Å². The maximum absolute atomic E-state index is 13.4. The van der Waals surface area contributed by atoms with Crippen molar-refractivity contribution in [3.63, 3.8) is 0 Å². The molecule has 10 atom stereocenters. The molecule has 0 unspecified atom stereocenters. The average molecular weight is 678 g/mol. The van der Waals surface area contributed by atoms with E-state index in [2.05, 4.69) is 27.1 Å². The van der Waals surface area contributed by atoms with Crippen molar-refractivity contribution in [2.45, 2.75) is 123 Å². The van der Waals surface area contributed by atoms with E-state index in [0.29, 0.717) is 19.5 Å². The van der Waals surface area contributed by atoms with E-state index < -0.39 is 41.9 Å². The number of cyclic esters (lactones) is 1. The fourth-order valence-electron chi connectivity index (χ4n) is 6.52. The van der Waals surface area contributed by atoms with Gasteiger partial charge in [0.25, 0.3) is 0 Å². The number of epoxide rings is 1. The molecular weight excluding hydrogens is 616 g/mol. The highest BCUT2D eigenvalue weighted by molar-refractivity contribution is 5.71. The van der Waals surface area contributed by atoms with E-state index in [0.717, 1.165) is 29.6 Å². The summed E-state index contributed by atoms with van der Waals surface area (Å²) in [5, 5.41) is 21.0. The number of rotatable bonds is 10. The van der Waals surface area contributed by atoms with Crippen molar-refractivity contribution >= 4 is 18.0 Å². The molecule has 48 heavy (non-hydrogen) atoms. The van der Waals surface area contributed by atoms with Crippen molar-refractivity contribution < 1.29 is 48.0 Å². The van der Waals surface area contributed by atoms with Crippen molar-refractivity contribution in [1.82, 2.24) is 4.90 Å². The van der Waals surface area contributed by atoms with E-state index in [4.69, 9.17) is 18.9 Å². The predicted molar refractivity (Wildman–Crippen MR) is 183 cm³/mol. The monoisotopic (exact) mass is 677 g/mol. The van der Waals surface area contributed by atoms with Crippen LogP contribution in [0.2, 0.25) is 0 Å². The number of nitrogens with zero attached hydrogens (tertiary/aromatic N) is 2. The first-order valence-corrected chi connectivity index (χ1v) is 17.7. The van der Waals surface area contributed by atoms with Crippen molar-refractivity contribution in [2.24, 2.45) is 17.8 Å². The van der Waals surface area contributed by atoms with E-state index in [9.17, 15) is 24.6 Å². The molecule has 0 aromatic rings. The number of likely N-dealkylation sites (N-methyl/N-ethyl adjacent to an activating group) is 1. The van der Waals surface area contributed by atoms with Crippen LogP contribution in [-0.2, 0) is 28.5 Å². The van der Waals surface area contributed by atoms with Gasteiger partial charge in [-0.3, -0.25) is 14.5 Å². The molecule has 2 saturated heterocycles. The van der Waals surface area contributed by atoms with Crippen LogP contribution < -0.4 is 0 Å². The lowest BCUT2D eigenvalue weighted by Gasteiger charge is -2.41. The molecule has 2 N–H and O–H groups in total. The van der Waals surface area contributed by atoms with Gasteiger partial charge >= 0.3 is 18.0 Å². The molecule has 0 saturated carbocycles. The number of aliphatic hydroxyl groups excluding tert-OH is 2. The molecule has 0 spiro atoms. The minimum Gasteiger partial charge on any atom is -0.457 e. The third-order valence-corrected chi connectivity index (χ3v) is 10.1. The van der Waals surface area contributed by atoms with Gasteiger partial charge in [0.15, 0.2) is 11.7 Å². The van der Waals surface area contributed by atoms with Gasteiger partial charge in [0.05, 0.1) is 71.1 Å². The van der Waals surface area contributed by atoms with Crippen LogP contribution in [0.3, 0.4) is 0 Å². The second-order valence-corrected chi connectivity index (χ2v) is 15.1. The van der Waals surface area contributed by atoms with E-state index in [-0.39, 0.29) is 55.3 Å². The third kappa shape index (κ3) is 11.7. The molecule has 0 radical (unpaired) electrons. The summed E-state index contributed by atoms with van der Waals surface area (Å²) in [5.41, 5.74) is -0.485. The van der Waals surface area contributed by atoms with Crippen LogP contribution in [0.25, 0.3) is 0 Å². The summed E-state index contributed by atoms with van der Waals surface area (Å²) in [6.07, 6.45) is 7.88. The van der Waals surface area contributed by atoms with Crippen LogP contribution >= 0.6 is 0 Å². The molecule has 3 aliphatic heterocycles. The van der Waals surface area contributed by atoms with Crippen molar-refractivity contribution in [2.75, 3.05) is 40.3 Å². The number of hydrogen-bond donors (Lipinski definition) is 2. The molecule has 2 fully saturated rings. The number of ether oxygens (including phenoxy) is 4. The second kappa shape index (κ2) is 17.3. The molecule has 0 aromatic carbocycles. The second-order valence-electron chi connectivity index (χ2n) is 15.1. The minimum atomic E-state index is -1.29. The number of aliphatic hydroxyl groups is 2. The molecular formula is C37H61N2O9+. The summed E-state index contributed by atoms with van der Waals surface area (Å²) in [4.78, 5) is 40.3. The van der Waals surface area contributed by atoms with Crippen LogP contribution in [0.4, 0.5) is 4.79 Å². The number of amides is 1. The van der Waals surface area contributed by atoms with Crippen LogP contribution in [0.1, 0.15) is 80.6 Å². The van der Waals surface area contributed by atoms with Gasteiger partial charge in [-0.05, 0) is 57.1 Å². The number of carbonyl (C=O) groups is 3. The molecule has 0 aromatic heterocycles. The number of hydrogen-bond acceptors (Lipinski definition) is 9. The van der Waals surface area contributed by atoms with E-state index >= 15 is 0 Å². The standard InChI is InChI=1S/C37H61N2O9/c1-10-30(42)27(5)35-31(46-35)22-24(2)12-11-13-25(3)34-26(4)14-15-32(45-28(6)40)37(7,17-16-29(41)23-33(43)47-34)48-36(44)38-18-20-39(8,9)21-19-38/h11-15,24,26-27,29-32,34-35,41-42H,10,16-23H2,1-9H3/q+1/b12-11+,15-14+,25-13+/t24-,26+,27-,29-,30+,31-,32+,34-,35-,37-/m1/s1. The highest BCUT2D eigenvalue weighted by Gasteiger charge is 2.45. The van der Waals surface area contributed by atoms with Crippen LogP contribution in [0.15, 0.2) is 36.0 Å². The first kappa shape index (κ1) is 39.7. The minimum absolute atomic E-state index is 0.0874. The molecule has 3 rings (SSSR count). The van der Waals surface area contributed by atoms with E-state index in [1.807, 2.05) is 45.9 Å². The van der Waals surface area contributed by atoms with E-state index in [1.165, 1.54) is 6.92 Å². The summed E-state index contributed by atoms with van der Waals surface area (Å²) in [6, 6.07) is 0. The van der Waals surface area contributed by atoms with Gasteiger partial charge in [-0.1, -0.05) is 52.0 Å². The average Bonchev–Trinajstić information content (AvgIpc) is 3.77. The Bertz CT molecular complexity index is 1190. The fourth-order valence-corrected chi connectivity index (χ4v) is 6.52. The van der Waals surface area contributed by atoms with Crippen molar-refractivity contribution in [3.8, 4) is 0 Å². The smallest absolute Gasteiger partial charge is 0.410 e. The lowest BCUT2D eigenvalue weighted by molar-refractivity contribution is -0.894. The highest BCUT2D eigenvalue weighted by Crippen LogP contribution is 2.36. The Hall–Kier alpha value is -2.73. The Balaban J connectivity index is 1.77. The predicted octanol–water partition coefficient (Wildman–Crippen LogP) is 4.56. The fraction of sp³-hybridized carbons (Fsp3) is 0.757. The number of piperazine rings is 1. The zero-order chi connectivity index (χ0) is 35.8. The Morgan fingerprint density at radius 1 is 1.19 bits per heavy atom. The lowest BCUT2D eigenvalue weighted by atomic mass is 9.88. The summed E-state index contributed by atoms with van der Waals surface area (Å²) in [7, 11) is 4.24. The van der Waals surface area contributed by atoms with Gasteiger partial charge in [-0.25, -0.2) is 4.79 Å². The Kier molecular flexibility index (Phi) is 14.3. The molecule has 11 nitrogen and oxygen atoms in total. The van der Waals surface area contributed by atoms with Crippen LogP contribution in [-0.4, -0.2) is 120 Å². The number of quaternary nitrogens is 1. The Morgan fingerprint density at radius 3 is 2.48 bits per heavy atom. The third-order valence-electron chi connectivity index (χ3n) is 10.1. The normalized spacial score (nSPS) is 34.2. The highest BCUT2D eigenvalue weighted by atomic mass is 16.6. The zero-order valence-electron chi connectivity index (χ0n) is 30.6. The lowest BCUT2D eigenvalue weighted by Crippen LogP contribution is -2.57. The molecule has 0 aliphatic carbocycles. The number of carbonyl (C=O) groups excluding carboxylic acids is 3. The first-order chi connectivity index (χ1) is 22.4. The SMILES string of the molecule is CC[C@H](O)[C@@H](C)[C@H]1O[C@@H]1C[C@H](C)/C=C/C=C(\C)[C@H]1OC(=O)C[C@H](O)CC[C@@](C)(OC(=O)N2CC[N+](C)(C)CC2)[C@@H](OC(C)=O)/C=C/[C@@H]1C. The molecule has 3 aliphatic rings. The maximum Gasteiger partial charge on any atom is 0.410 e. The zero-order valence-corrected chi connectivity index (χ0v) is 30.6. The summed E-state index contributed by atoms with van der Waals surface area (Å²) in [5.74, 6) is -1.04. The molecule has 1 amide bonds. The van der Waals surface area contributed by atoms with Gasteiger partial charge in [0, 0.05) is 18.8 Å². The largest absolute Gasteiger partial charge is 0.457 e. The van der Waals surface area contributed by atoms with Gasteiger partial charge in [0.2, 0.25) is 0 Å². The van der Waals surface area contributed by atoms with Gasteiger partial charge in [-0.15, -0.1) is 0 Å². The first-order valence-electron chi connectivity index (χ1n) is 17.7. The summed E-state index contributed by atoms with van der Waals surface area (Å²) >= 11 is 0. The van der Waals surface area contributed by atoms with E-state index in [1.54, 1.807) is 17.9 Å². The maximum atomic E-state index is 13.4. The van der Waals surface area contributed by atoms with Crippen LogP contribution in [0, 0.1) is 17.8 Å². The molecule has 3 heterocycles. The number of esters is 2. The molecule has 11 heteroatoms.